The Morgan fingerprint density at radius 2 is 2.00 bits per heavy atom. The number of rotatable bonds is 3. The van der Waals surface area contributed by atoms with E-state index in [9.17, 15) is 9.59 Å². The van der Waals surface area contributed by atoms with Gasteiger partial charge in [-0.1, -0.05) is 18.2 Å². The standard InChI is InChI=1S/C22H22N4O3/c1-29-17-5-2-4-15(9-17)18-10-19(24-23-18)22(28)25-11-14-8-16(13-25)20-6-3-7-21(27)26(20)12-14/h2-7,9-10,14,16H,8,11-13H2,1H3,(H,23,24). The molecule has 0 spiro atoms. The van der Waals surface area contributed by atoms with Crippen molar-refractivity contribution in [1.82, 2.24) is 19.7 Å². The number of carbonyl (C=O) groups is 1. The van der Waals surface area contributed by atoms with Crippen molar-refractivity contribution >= 4 is 5.91 Å². The van der Waals surface area contributed by atoms with E-state index in [0.717, 1.165) is 23.4 Å². The molecule has 2 unspecified atom stereocenters. The average Bonchev–Trinajstić information content (AvgIpc) is 3.24. The minimum atomic E-state index is -0.0481. The molecule has 3 aromatic rings. The van der Waals surface area contributed by atoms with Crippen LogP contribution in [0.2, 0.25) is 0 Å². The van der Waals surface area contributed by atoms with E-state index >= 15 is 0 Å². The zero-order valence-corrected chi connectivity index (χ0v) is 16.2. The van der Waals surface area contributed by atoms with E-state index in [1.54, 1.807) is 19.2 Å². The van der Waals surface area contributed by atoms with E-state index in [4.69, 9.17) is 4.74 Å². The molecular formula is C22H22N4O3. The van der Waals surface area contributed by atoms with Gasteiger partial charge >= 0.3 is 0 Å². The normalized spacial score (nSPS) is 20.2. The molecule has 148 valence electrons. The Bertz CT molecular complexity index is 1130. The predicted molar refractivity (Wildman–Crippen MR) is 108 cm³/mol. The third kappa shape index (κ3) is 3.12. The molecule has 5 rings (SSSR count). The van der Waals surface area contributed by atoms with Crippen molar-refractivity contribution < 1.29 is 9.53 Å². The highest BCUT2D eigenvalue weighted by Crippen LogP contribution is 2.35. The highest BCUT2D eigenvalue weighted by molar-refractivity contribution is 5.93. The third-order valence-corrected chi connectivity index (χ3v) is 5.94. The summed E-state index contributed by atoms with van der Waals surface area (Å²) in [4.78, 5) is 27.2. The number of fused-ring (bicyclic) bond motifs is 4. The zero-order chi connectivity index (χ0) is 20.0. The minimum Gasteiger partial charge on any atom is -0.497 e. The summed E-state index contributed by atoms with van der Waals surface area (Å²) in [6.07, 6.45) is 1.02. The molecule has 2 aliphatic rings. The number of hydrogen-bond donors (Lipinski definition) is 1. The summed E-state index contributed by atoms with van der Waals surface area (Å²) in [5.74, 6) is 1.19. The first-order valence-electron chi connectivity index (χ1n) is 9.81. The molecule has 1 aromatic carbocycles. The molecule has 7 heteroatoms. The van der Waals surface area contributed by atoms with Crippen LogP contribution in [-0.4, -0.2) is 45.8 Å². The lowest BCUT2D eigenvalue weighted by atomic mass is 9.83. The number of piperidine rings is 1. The topological polar surface area (TPSA) is 80.2 Å². The predicted octanol–water partition coefficient (Wildman–Crippen LogP) is 2.51. The van der Waals surface area contributed by atoms with Crippen molar-refractivity contribution in [3.8, 4) is 17.0 Å². The lowest BCUT2D eigenvalue weighted by Crippen LogP contribution is -2.49. The lowest BCUT2D eigenvalue weighted by Gasteiger charge is -2.42. The molecule has 2 aliphatic heterocycles. The third-order valence-electron chi connectivity index (χ3n) is 5.94. The summed E-state index contributed by atoms with van der Waals surface area (Å²) < 4.78 is 7.14. The van der Waals surface area contributed by atoms with Crippen molar-refractivity contribution in [2.75, 3.05) is 20.2 Å². The first kappa shape index (κ1) is 17.7. The average molecular weight is 390 g/mol. The molecule has 4 heterocycles. The van der Waals surface area contributed by atoms with Crippen LogP contribution in [0.25, 0.3) is 11.3 Å². The van der Waals surface area contributed by atoms with E-state index < -0.39 is 0 Å². The number of ether oxygens (including phenoxy) is 1. The number of hydrogen-bond acceptors (Lipinski definition) is 4. The van der Waals surface area contributed by atoms with Crippen LogP contribution in [0.5, 0.6) is 5.75 Å². The van der Waals surface area contributed by atoms with Crippen LogP contribution in [0, 0.1) is 5.92 Å². The van der Waals surface area contributed by atoms with Gasteiger partial charge in [0, 0.05) is 42.9 Å². The first-order valence-corrected chi connectivity index (χ1v) is 9.81. The smallest absolute Gasteiger partial charge is 0.271 e. The maximum absolute atomic E-state index is 13.1. The van der Waals surface area contributed by atoms with Gasteiger partial charge in [0.2, 0.25) is 0 Å². The van der Waals surface area contributed by atoms with Gasteiger partial charge in [0.1, 0.15) is 11.4 Å². The molecule has 29 heavy (non-hydrogen) atoms. The number of methoxy groups -OCH3 is 1. The summed E-state index contributed by atoms with van der Waals surface area (Å²) in [6.45, 7) is 1.95. The highest BCUT2D eigenvalue weighted by Gasteiger charge is 2.36. The fourth-order valence-electron chi connectivity index (χ4n) is 4.59. The maximum Gasteiger partial charge on any atom is 0.271 e. The Morgan fingerprint density at radius 3 is 2.86 bits per heavy atom. The molecule has 0 aliphatic carbocycles. The number of amides is 1. The fourth-order valence-corrected chi connectivity index (χ4v) is 4.59. The zero-order valence-electron chi connectivity index (χ0n) is 16.2. The molecule has 1 N–H and O–H groups in total. The number of aromatic amines is 1. The van der Waals surface area contributed by atoms with Gasteiger partial charge in [-0.25, -0.2) is 0 Å². The number of carbonyl (C=O) groups excluding carboxylic acids is 1. The van der Waals surface area contributed by atoms with Gasteiger partial charge in [-0.3, -0.25) is 14.7 Å². The van der Waals surface area contributed by atoms with E-state index in [-0.39, 0.29) is 17.4 Å². The largest absolute Gasteiger partial charge is 0.497 e. The Hall–Kier alpha value is -3.35. The SMILES string of the molecule is COc1cccc(-c2cc(C(=O)N3CC4CC(C3)c3cccc(=O)n3C4)[nH]n2)c1. The van der Waals surface area contributed by atoms with Gasteiger partial charge in [0.25, 0.3) is 11.5 Å². The fraction of sp³-hybridized carbons (Fsp3) is 0.318. The van der Waals surface area contributed by atoms with Crippen molar-refractivity contribution in [2.45, 2.75) is 18.9 Å². The molecule has 0 radical (unpaired) electrons. The number of likely N-dealkylation sites (tertiary alicyclic amines) is 1. The molecule has 7 nitrogen and oxygen atoms in total. The number of H-pyrrole nitrogens is 1. The van der Waals surface area contributed by atoms with E-state index in [2.05, 4.69) is 10.2 Å². The Balaban J connectivity index is 1.38. The second kappa shape index (κ2) is 6.92. The number of nitrogens with zero attached hydrogens (tertiary/aromatic N) is 3. The number of nitrogens with one attached hydrogen (secondary N) is 1. The molecular weight excluding hydrogens is 368 g/mol. The van der Waals surface area contributed by atoms with Crippen LogP contribution < -0.4 is 10.3 Å². The van der Waals surface area contributed by atoms with Crippen LogP contribution in [0.3, 0.4) is 0 Å². The van der Waals surface area contributed by atoms with Crippen molar-refractivity contribution in [3.05, 3.63) is 70.3 Å². The molecule has 2 aromatic heterocycles. The summed E-state index contributed by atoms with van der Waals surface area (Å²) in [5, 5.41) is 7.22. The molecule has 1 amide bonds. The van der Waals surface area contributed by atoms with Crippen molar-refractivity contribution in [1.29, 1.82) is 0 Å². The number of pyridine rings is 1. The van der Waals surface area contributed by atoms with Crippen LogP contribution in [0.4, 0.5) is 0 Å². The lowest BCUT2D eigenvalue weighted by molar-refractivity contribution is 0.0588. The molecule has 0 saturated carbocycles. The van der Waals surface area contributed by atoms with Gasteiger partial charge in [-0.05, 0) is 36.6 Å². The number of benzene rings is 1. The van der Waals surface area contributed by atoms with Crippen LogP contribution in [0.1, 0.15) is 28.5 Å². The van der Waals surface area contributed by atoms with Crippen LogP contribution in [0.15, 0.2) is 53.3 Å². The molecule has 2 atom stereocenters. The van der Waals surface area contributed by atoms with Gasteiger partial charge in [-0.15, -0.1) is 0 Å². The number of aromatic nitrogens is 3. The summed E-state index contributed by atoms with van der Waals surface area (Å²) in [6, 6.07) is 14.8. The summed E-state index contributed by atoms with van der Waals surface area (Å²) >= 11 is 0. The summed E-state index contributed by atoms with van der Waals surface area (Å²) in [5.41, 5.74) is 3.17. The first-order chi connectivity index (χ1) is 14.1. The molecule has 1 saturated heterocycles. The molecule has 2 bridgehead atoms. The summed E-state index contributed by atoms with van der Waals surface area (Å²) in [7, 11) is 1.62. The van der Waals surface area contributed by atoms with Crippen LogP contribution in [-0.2, 0) is 6.54 Å². The Kier molecular flexibility index (Phi) is 4.23. The Morgan fingerprint density at radius 1 is 1.14 bits per heavy atom. The van der Waals surface area contributed by atoms with Crippen molar-refractivity contribution in [2.24, 2.45) is 5.92 Å². The second-order valence-corrected chi connectivity index (χ2v) is 7.81. The van der Waals surface area contributed by atoms with Gasteiger partial charge < -0.3 is 14.2 Å². The minimum absolute atomic E-state index is 0.0481. The van der Waals surface area contributed by atoms with Gasteiger partial charge in [-0.2, -0.15) is 5.10 Å². The second-order valence-electron chi connectivity index (χ2n) is 7.81. The van der Waals surface area contributed by atoms with E-state index in [0.29, 0.717) is 36.9 Å². The molecule has 1 fully saturated rings. The highest BCUT2D eigenvalue weighted by atomic mass is 16.5. The quantitative estimate of drug-likeness (QED) is 0.745. The van der Waals surface area contributed by atoms with Gasteiger partial charge in [0.05, 0.1) is 12.8 Å². The van der Waals surface area contributed by atoms with Crippen LogP contribution >= 0.6 is 0 Å². The van der Waals surface area contributed by atoms with E-state index in [1.165, 1.54) is 0 Å². The van der Waals surface area contributed by atoms with Gasteiger partial charge in [0.15, 0.2) is 0 Å². The Labute approximate surface area is 167 Å². The van der Waals surface area contributed by atoms with E-state index in [1.807, 2.05) is 45.9 Å². The monoisotopic (exact) mass is 390 g/mol. The maximum atomic E-state index is 13.1. The van der Waals surface area contributed by atoms with Crippen molar-refractivity contribution in [3.63, 3.8) is 0 Å².